The molecular formula is C11H9F3O2. The number of ketones is 1. The minimum atomic E-state index is -4.82. The Kier molecular flexibility index (Phi) is 3.71. The Morgan fingerprint density at radius 2 is 2.06 bits per heavy atom. The molecule has 0 radical (unpaired) electrons. The van der Waals surface area contributed by atoms with Gasteiger partial charge in [0.2, 0.25) is 0 Å². The summed E-state index contributed by atoms with van der Waals surface area (Å²) in [6, 6.07) is 6.38. The molecule has 0 aromatic heterocycles. The van der Waals surface area contributed by atoms with Crippen molar-refractivity contribution in [2.24, 2.45) is 0 Å². The molecule has 0 aliphatic rings. The number of alkyl halides is 3. The number of rotatable bonds is 3. The average molecular weight is 230 g/mol. The highest BCUT2D eigenvalue weighted by Crippen LogP contribution is 2.18. The first-order valence-electron chi connectivity index (χ1n) is 4.37. The molecule has 1 rings (SSSR count). The molecule has 0 amide bonds. The maximum absolute atomic E-state index is 11.9. The summed E-state index contributed by atoms with van der Waals surface area (Å²) in [6.45, 7) is 0. The van der Waals surface area contributed by atoms with Gasteiger partial charge in [0.25, 0.3) is 5.78 Å². The number of hydrogen-bond acceptors (Lipinski definition) is 2. The normalized spacial score (nSPS) is 11.8. The third-order valence-electron chi connectivity index (χ3n) is 1.80. The van der Waals surface area contributed by atoms with Gasteiger partial charge in [-0.1, -0.05) is 18.2 Å². The van der Waals surface area contributed by atoms with E-state index in [4.69, 9.17) is 4.74 Å². The van der Waals surface area contributed by atoms with Crippen LogP contribution >= 0.6 is 0 Å². The third kappa shape index (κ3) is 3.42. The monoisotopic (exact) mass is 230 g/mol. The van der Waals surface area contributed by atoms with Gasteiger partial charge >= 0.3 is 6.18 Å². The van der Waals surface area contributed by atoms with Crippen molar-refractivity contribution in [2.75, 3.05) is 7.11 Å². The topological polar surface area (TPSA) is 26.3 Å². The minimum absolute atomic E-state index is 0.469. The van der Waals surface area contributed by atoms with E-state index in [2.05, 4.69) is 0 Å². The lowest BCUT2D eigenvalue weighted by Crippen LogP contribution is -2.19. The second-order valence-electron chi connectivity index (χ2n) is 2.97. The number of allylic oxidation sites excluding steroid dienone is 1. The smallest absolute Gasteiger partial charge is 0.454 e. The van der Waals surface area contributed by atoms with Gasteiger partial charge in [0, 0.05) is 0 Å². The van der Waals surface area contributed by atoms with Gasteiger partial charge in [-0.25, -0.2) is 0 Å². The van der Waals surface area contributed by atoms with Crippen LogP contribution in [-0.2, 0) is 4.79 Å². The van der Waals surface area contributed by atoms with E-state index < -0.39 is 12.0 Å². The average Bonchev–Trinajstić information content (AvgIpc) is 2.25. The van der Waals surface area contributed by atoms with E-state index in [9.17, 15) is 18.0 Å². The van der Waals surface area contributed by atoms with E-state index in [1.807, 2.05) is 0 Å². The summed E-state index contributed by atoms with van der Waals surface area (Å²) in [6.07, 6.45) is -3.23. The summed E-state index contributed by atoms with van der Waals surface area (Å²) in [7, 11) is 1.45. The van der Waals surface area contributed by atoms with Gasteiger partial charge in [-0.3, -0.25) is 4.79 Å². The van der Waals surface area contributed by atoms with E-state index in [1.165, 1.54) is 13.2 Å². The van der Waals surface area contributed by atoms with Crippen molar-refractivity contribution in [1.29, 1.82) is 0 Å². The van der Waals surface area contributed by atoms with Crippen LogP contribution in [0.1, 0.15) is 5.56 Å². The molecule has 16 heavy (non-hydrogen) atoms. The number of ether oxygens (including phenoxy) is 1. The maximum atomic E-state index is 11.9. The van der Waals surface area contributed by atoms with Crippen molar-refractivity contribution in [1.82, 2.24) is 0 Å². The molecule has 0 atom stereocenters. The fourth-order valence-corrected chi connectivity index (χ4v) is 1.01. The summed E-state index contributed by atoms with van der Waals surface area (Å²) in [5, 5.41) is 0. The second kappa shape index (κ2) is 4.83. The van der Waals surface area contributed by atoms with Crippen LogP contribution in [0, 0.1) is 0 Å². The Morgan fingerprint density at radius 1 is 1.38 bits per heavy atom. The van der Waals surface area contributed by atoms with Crippen LogP contribution in [0.5, 0.6) is 5.75 Å². The van der Waals surface area contributed by atoms with Crippen LogP contribution in [0.15, 0.2) is 30.3 Å². The Morgan fingerprint density at radius 3 is 2.62 bits per heavy atom. The van der Waals surface area contributed by atoms with Crippen LogP contribution in [0.4, 0.5) is 13.2 Å². The van der Waals surface area contributed by atoms with E-state index in [-0.39, 0.29) is 0 Å². The van der Waals surface area contributed by atoms with Gasteiger partial charge < -0.3 is 4.74 Å². The summed E-state index contributed by atoms with van der Waals surface area (Å²) in [4.78, 5) is 10.5. The molecule has 0 saturated heterocycles. The van der Waals surface area contributed by atoms with Gasteiger partial charge in [0.05, 0.1) is 7.11 Å². The Balaban J connectivity index is 2.80. The van der Waals surface area contributed by atoms with E-state index in [0.717, 1.165) is 6.08 Å². The van der Waals surface area contributed by atoms with Crippen molar-refractivity contribution < 1.29 is 22.7 Å². The molecule has 0 bridgehead atoms. The molecule has 0 aliphatic heterocycles. The fraction of sp³-hybridized carbons (Fsp3) is 0.182. The molecule has 0 heterocycles. The predicted octanol–water partition coefficient (Wildman–Crippen LogP) is 2.84. The zero-order valence-corrected chi connectivity index (χ0v) is 8.41. The number of benzene rings is 1. The molecule has 0 aliphatic carbocycles. The largest absolute Gasteiger partial charge is 0.497 e. The zero-order valence-electron chi connectivity index (χ0n) is 8.41. The lowest BCUT2D eigenvalue weighted by Gasteiger charge is -2.01. The fourth-order valence-electron chi connectivity index (χ4n) is 1.01. The quantitative estimate of drug-likeness (QED) is 0.746. The van der Waals surface area contributed by atoms with Crippen LogP contribution in [0.3, 0.4) is 0 Å². The molecule has 1 aromatic carbocycles. The summed E-state index contributed by atoms with van der Waals surface area (Å²) in [5.41, 5.74) is 0.469. The highest BCUT2D eigenvalue weighted by atomic mass is 19.4. The molecule has 5 heteroatoms. The minimum Gasteiger partial charge on any atom is -0.497 e. The van der Waals surface area contributed by atoms with Crippen LogP contribution in [-0.4, -0.2) is 19.1 Å². The van der Waals surface area contributed by atoms with Crippen LogP contribution in [0.2, 0.25) is 0 Å². The van der Waals surface area contributed by atoms with Crippen molar-refractivity contribution in [3.63, 3.8) is 0 Å². The number of hydrogen-bond donors (Lipinski definition) is 0. The van der Waals surface area contributed by atoms with Crippen molar-refractivity contribution in [3.05, 3.63) is 35.9 Å². The first-order chi connectivity index (χ1) is 7.43. The lowest BCUT2D eigenvalue weighted by molar-refractivity contribution is -0.165. The second-order valence-corrected chi connectivity index (χ2v) is 2.97. The Hall–Kier alpha value is -1.78. The number of methoxy groups -OCH3 is 1. The molecule has 86 valence electrons. The summed E-state index contributed by atoms with van der Waals surface area (Å²) >= 11 is 0. The van der Waals surface area contributed by atoms with Gasteiger partial charge in [-0.15, -0.1) is 0 Å². The molecule has 1 aromatic rings. The number of carbonyl (C=O) groups excluding carboxylic acids is 1. The van der Waals surface area contributed by atoms with Crippen LogP contribution in [0.25, 0.3) is 6.08 Å². The van der Waals surface area contributed by atoms with Crippen molar-refractivity contribution >= 4 is 11.9 Å². The summed E-state index contributed by atoms with van der Waals surface area (Å²) < 4.78 is 40.5. The first kappa shape index (κ1) is 12.3. The molecule has 2 nitrogen and oxygen atoms in total. The standard InChI is InChI=1S/C11H9F3O2/c1-16-9-4-2-3-8(7-9)5-6-10(15)11(12,13)14/h2-7H,1H3/b6-5-. The molecule has 0 N–H and O–H groups in total. The summed E-state index contributed by atoms with van der Waals surface area (Å²) in [5.74, 6) is -1.36. The molecule has 0 spiro atoms. The number of carbonyl (C=O) groups is 1. The maximum Gasteiger partial charge on any atom is 0.454 e. The molecular weight excluding hydrogens is 221 g/mol. The zero-order chi connectivity index (χ0) is 12.2. The predicted molar refractivity (Wildman–Crippen MR) is 53.1 cm³/mol. The molecule has 0 saturated carbocycles. The van der Waals surface area contributed by atoms with E-state index in [0.29, 0.717) is 17.4 Å². The SMILES string of the molecule is COc1cccc(/C=C\C(=O)C(F)(F)F)c1. The highest BCUT2D eigenvalue weighted by molar-refractivity contribution is 5.97. The lowest BCUT2D eigenvalue weighted by atomic mass is 10.2. The molecule has 0 fully saturated rings. The molecule has 0 unspecified atom stereocenters. The Bertz CT molecular complexity index is 408. The third-order valence-corrected chi connectivity index (χ3v) is 1.80. The van der Waals surface area contributed by atoms with Gasteiger partial charge in [-0.05, 0) is 23.8 Å². The highest BCUT2D eigenvalue weighted by Gasteiger charge is 2.35. The van der Waals surface area contributed by atoms with Crippen LogP contribution < -0.4 is 4.74 Å². The van der Waals surface area contributed by atoms with Gasteiger partial charge in [0.15, 0.2) is 0 Å². The Labute approximate surface area is 90.3 Å². The van der Waals surface area contributed by atoms with Gasteiger partial charge in [0.1, 0.15) is 5.75 Å². The first-order valence-corrected chi connectivity index (χ1v) is 4.37. The van der Waals surface area contributed by atoms with E-state index in [1.54, 1.807) is 18.2 Å². The van der Waals surface area contributed by atoms with Gasteiger partial charge in [-0.2, -0.15) is 13.2 Å². The number of halogens is 3. The van der Waals surface area contributed by atoms with E-state index >= 15 is 0 Å². The van der Waals surface area contributed by atoms with Crippen molar-refractivity contribution in [2.45, 2.75) is 6.18 Å². The van der Waals surface area contributed by atoms with Crippen molar-refractivity contribution in [3.8, 4) is 5.75 Å².